The van der Waals surface area contributed by atoms with E-state index in [1.165, 1.54) is 12.1 Å². The molecule has 2 aromatic rings. The summed E-state index contributed by atoms with van der Waals surface area (Å²) in [5.41, 5.74) is 1.75. The van der Waals surface area contributed by atoms with Crippen LogP contribution >= 0.6 is 11.8 Å². The Hall–Kier alpha value is -2.25. The van der Waals surface area contributed by atoms with Crippen molar-refractivity contribution in [2.24, 2.45) is 0 Å². The van der Waals surface area contributed by atoms with E-state index in [1.54, 1.807) is 37.1 Å². The van der Waals surface area contributed by atoms with E-state index in [4.69, 9.17) is 9.47 Å². The number of carboxylic acids is 1. The Balaban J connectivity index is 1.97. The summed E-state index contributed by atoms with van der Waals surface area (Å²) in [4.78, 5) is 11.3. The molecule has 0 saturated carbocycles. The summed E-state index contributed by atoms with van der Waals surface area (Å²) in [6, 6.07) is 11.0. The van der Waals surface area contributed by atoms with Gasteiger partial charge in [-0.1, -0.05) is 18.2 Å². The van der Waals surface area contributed by atoms with Crippen molar-refractivity contribution >= 4 is 17.7 Å². The Labute approximate surface area is 162 Å². The molecule has 0 aromatic heterocycles. The van der Waals surface area contributed by atoms with Gasteiger partial charge in [0.1, 0.15) is 18.5 Å². The van der Waals surface area contributed by atoms with Crippen molar-refractivity contribution in [2.75, 3.05) is 19.1 Å². The average Bonchev–Trinajstić information content (AvgIpc) is 2.67. The van der Waals surface area contributed by atoms with E-state index in [0.717, 1.165) is 16.9 Å². The van der Waals surface area contributed by atoms with Crippen LogP contribution < -0.4 is 14.8 Å². The molecule has 0 aliphatic heterocycles. The fraction of sp³-hybridized carbons (Fsp3) is 0.350. The predicted octanol–water partition coefficient (Wildman–Crippen LogP) is 3.71. The number of halogens is 1. The van der Waals surface area contributed by atoms with E-state index in [-0.39, 0.29) is 5.82 Å². The van der Waals surface area contributed by atoms with Crippen LogP contribution in [-0.2, 0) is 17.9 Å². The summed E-state index contributed by atoms with van der Waals surface area (Å²) in [5.74, 6) is 0.777. The molecule has 0 radical (unpaired) electrons. The fourth-order valence-electron chi connectivity index (χ4n) is 2.47. The summed E-state index contributed by atoms with van der Waals surface area (Å²) in [5, 5.41) is 12.3. The summed E-state index contributed by atoms with van der Waals surface area (Å²) in [6.45, 7) is 0.712. The zero-order valence-electron chi connectivity index (χ0n) is 15.4. The van der Waals surface area contributed by atoms with Crippen LogP contribution in [0.4, 0.5) is 4.39 Å². The van der Waals surface area contributed by atoms with Gasteiger partial charge in [-0.3, -0.25) is 4.79 Å². The highest BCUT2D eigenvalue weighted by molar-refractivity contribution is 7.98. The van der Waals surface area contributed by atoms with Crippen molar-refractivity contribution in [3.8, 4) is 11.5 Å². The van der Waals surface area contributed by atoms with Gasteiger partial charge in [0.25, 0.3) is 0 Å². The number of hydrogen-bond donors (Lipinski definition) is 2. The third kappa shape index (κ3) is 6.77. The normalized spacial score (nSPS) is 11.8. The first-order valence-electron chi connectivity index (χ1n) is 8.52. The number of ether oxygens (including phenoxy) is 2. The van der Waals surface area contributed by atoms with Crippen LogP contribution in [0.3, 0.4) is 0 Å². The molecular formula is C20H24FNO4S. The van der Waals surface area contributed by atoms with Crippen LogP contribution in [0.25, 0.3) is 0 Å². The van der Waals surface area contributed by atoms with Crippen LogP contribution in [0.2, 0.25) is 0 Å². The van der Waals surface area contributed by atoms with E-state index in [1.807, 2.05) is 18.4 Å². The van der Waals surface area contributed by atoms with Gasteiger partial charge in [0, 0.05) is 6.54 Å². The van der Waals surface area contributed by atoms with E-state index in [0.29, 0.717) is 31.1 Å². The first kappa shape index (κ1) is 21.1. The lowest BCUT2D eigenvalue weighted by atomic mass is 10.1. The van der Waals surface area contributed by atoms with Crippen molar-refractivity contribution in [1.29, 1.82) is 0 Å². The van der Waals surface area contributed by atoms with Crippen molar-refractivity contribution < 1.29 is 23.8 Å². The van der Waals surface area contributed by atoms with E-state index in [2.05, 4.69) is 5.32 Å². The molecule has 0 unspecified atom stereocenters. The number of nitrogens with one attached hydrogen (secondary N) is 1. The molecule has 0 amide bonds. The monoisotopic (exact) mass is 393 g/mol. The van der Waals surface area contributed by atoms with Gasteiger partial charge in [0.05, 0.1) is 7.11 Å². The maximum atomic E-state index is 13.0. The molecule has 0 aliphatic rings. The summed E-state index contributed by atoms with van der Waals surface area (Å²) in [7, 11) is 1.55. The van der Waals surface area contributed by atoms with Crippen molar-refractivity contribution in [2.45, 2.75) is 25.6 Å². The standard InChI is InChI=1S/C20H24FNO4S/c1-25-19-11-15(12-22-17(20(23)24)9-10-27-2)5-8-18(19)26-13-14-3-6-16(21)7-4-14/h3-8,11,17,22H,9-10,12-13H2,1-2H3,(H,23,24)/t17-/m0/s1. The van der Waals surface area contributed by atoms with Crippen LogP contribution in [0.5, 0.6) is 11.5 Å². The second-order valence-electron chi connectivity index (χ2n) is 5.95. The topological polar surface area (TPSA) is 67.8 Å². The van der Waals surface area contributed by atoms with Gasteiger partial charge < -0.3 is 19.9 Å². The molecule has 0 heterocycles. The molecule has 2 rings (SSSR count). The van der Waals surface area contributed by atoms with Crippen molar-refractivity contribution in [3.05, 3.63) is 59.4 Å². The summed E-state index contributed by atoms with van der Waals surface area (Å²) >= 11 is 1.62. The zero-order valence-corrected chi connectivity index (χ0v) is 16.2. The minimum Gasteiger partial charge on any atom is -0.493 e. The molecule has 7 heteroatoms. The first-order valence-corrected chi connectivity index (χ1v) is 9.92. The van der Waals surface area contributed by atoms with Gasteiger partial charge in [-0.25, -0.2) is 4.39 Å². The number of hydrogen-bond acceptors (Lipinski definition) is 5. The third-order valence-corrected chi connectivity index (χ3v) is 4.64. The predicted molar refractivity (Wildman–Crippen MR) is 105 cm³/mol. The maximum absolute atomic E-state index is 13.0. The minimum absolute atomic E-state index is 0.287. The van der Waals surface area contributed by atoms with E-state index in [9.17, 15) is 14.3 Å². The van der Waals surface area contributed by atoms with Gasteiger partial charge in [-0.15, -0.1) is 0 Å². The lowest BCUT2D eigenvalue weighted by molar-refractivity contribution is -0.139. The number of carbonyl (C=O) groups is 1. The fourth-order valence-corrected chi connectivity index (χ4v) is 2.94. The quantitative estimate of drug-likeness (QED) is 0.607. The number of aliphatic carboxylic acids is 1. The highest BCUT2D eigenvalue weighted by atomic mass is 32.2. The van der Waals surface area contributed by atoms with Gasteiger partial charge >= 0.3 is 5.97 Å². The van der Waals surface area contributed by atoms with Crippen molar-refractivity contribution in [1.82, 2.24) is 5.32 Å². The minimum atomic E-state index is -0.852. The smallest absolute Gasteiger partial charge is 0.320 e. The molecule has 0 bridgehead atoms. The Kier molecular flexibility index (Phi) is 8.42. The molecule has 0 fully saturated rings. The lowest BCUT2D eigenvalue weighted by Gasteiger charge is -2.16. The Morgan fingerprint density at radius 2 is 1.89 bits per heavy atom. The molecule has 0 aliphatic carbocycles. The molecule has 5 nitrogen and oxygen atoms in total. The van der Waals surface area contributed by atoms with Crippen LogP contribution in [0.1, 0.15) is 17.5 Å². The van der Waals surface area contributed by atoms with Crippen molar-refractivity contribution in [3.63, 3.8) is 0 Å². The number of benzene rings is 2. The van der Waals surface area contributed by atoms with Crippen LogP contribution in [0, 0.1) is 5.82 Å². The average molecular weight is 393 g/mol. The lowest BCUT2D eigenvalue weighted by Crippen LogP contribution is -2.36. The number of thioether (sulfide) groups is 1. The third-order valence-electron chi connectivity index (χ3n) is 4.00. The van der Waals surface area contributed by atoms with Crippen LogP contribution in [0.15, 0.2) is 42.5 Å². The van der Waals surface area contributed by atoms with Gasteiger partial charge in [-0.05, 0) is 53.8 Å². The first-order chi connectivity index (χ1) is 13.0. The number of rotatable bonds is 11. The zero-order chi connectivity index (χ0) is 19.6. The molecular weight excluding hydrogens is 369 g/mol. The maximum Gasteiger partial charge on any atom is 0.320 e. The molecule has 146 valence electrons. The molecule has 27 heavy (non-hydrogen) atoms. The van der Waals surface area contributed by atoms with Gasteiger partial charge in [-0.2, -0.15) is 11.8 Å². The van der Waals surface area contributed by atoms with E-state index >= 15 is 0 Å². The molecule has 1 atom stereocenters. The Morgan fingerprint density at radius 3 is 2.52 bits per heavy atom. The van der Waals surface area contributed by atoms with Crippen LogP contribution in [-0.4, -0.2) is 36.2 Å². The second kappa shape index (κ2) is 10.8. The molecule has 2 N–H and O–H groups in total. The van der Waals surface area contributed by atoms with E-state index < -0.39 is 12.0 Å². The molecule has 0 spiro atoms. The van der Waals surface area contributed by atoms with Gasteiger partial charge in [0.15, 0.2) is 11.5 Å². The second-order valence-corrected chi connectivity index (χ2v) is 6.94. The highest BCUT2D eigenvalue weighted by Gasteiger charge is 2.16. The number of carboxylic acid groups (broad SMARTS) is 1. The summed E-state index contributed by atoms with van der Waals surface area (Å²) in [6.07, 6.45) is 2.51. The Bertz CT molecular complexity index is 739. The number of methoxy groups -OCH3 is 1. The highest BCUT2D eigenvalue weighted by Crippen LogP contribution is 2.29. The van der Waals surface area contributed by atoms with Gasteiger partial charge in [0.2, 0.25) is 0 Å². The molecule has 2 aromatic carbocycles. The summed E-state index contributed by atoms with van der Waals surface area (Å²) < 4.78 is 24.1. The Morgan fingerprint density at radius 1 is 1.19 bits per heavy atom. The molecule has 0 saturated heterocycles. The largest absolute Gasteiger partial charge is 0.493 e. The SMILES string of the molecule is COc1cc(CN[C@@H](CCSC)C(=O)O)ccc1OCc1ccc(F)cc1.